The maximum Gasteiger partial charge on any atom is 0.227 e. The highest BCUT2D eigenvalue weighted by Crippen LogP contribution is 2.32. The van der Waals surface area contributed by atoms with E-state index in [0.717, 1.165) is 28.9 Å². The molecule has 4 heteroatoms. The summed E-state index contributed by atoms with van der Waals surface area (Å²) in [6.07, 6.45) is 1.59. The van der Waals surface area contributed by atoms with Crippen LogP contribution in [0.5, 0.6) is 5.75 Å². The molecule has 0 unspecified atom stereocenters. The van der Waals surface area contributed by atoms with Gasteiger partial charge in [0, 0.05) is 17.4 Å². The first-order valence-corrected chi connectivity index (χ1v) is 5.65. The molecule has 1 aromatic carbocycles. The molecule has 0 saturated carbocycles. The maximum absolute atomic E-state index is 11.6. The lowest BCUT2D eigenvalue weighted by Crippen LogP contribution is -2.23. The molecule has 0 radical (unpaired) electrons. The van der Waals surface area contributed by atoms with Crippen molar-refractivity contribution in [2.75, 3.05) is 18.6 Å². The smallest absolute Gasteiger partial charge is 0.227 e. The minimum atomic E-state index is 0.195. The summed E-state index contributed by atoms with van der Waals surface area (Å²) in [6.45, 7) is 0.809. The molecule has 0 atom stereocenters. The normalized spacial score (nSPS) is 15.9. The number of nitrogens with zero attached hydrogens (tertiary/aromatic N) is 1. The Balaban J connectivity index is 2.32. The van der Waals surface area contributed by atoms with Crippen molar-refractivity contribution in [1.82, 2.24) is 0 Å². The van der Waals surface area contributed by atoms with Crippen LogP contribution in [0.1, 0.15) is 12.8 Å². The summed E-state index contributed by atoms with van der Waals surface area (Å²) < 4.78 is 6.01. The fourth-order valence-corrected chi connectivity index (χ4v) is 2.31. The Morgan fingerprint density at radius 3 is 2.80 bits per heavy atom. The minimum absolute atomic E-state index is 0.195. The first-order chi connectivity index (χ1) is 7.22. The van der Waals surface area contributed by atoms with Crippen LogP contribution in [0.25, 0.3) is 0 Å². The van der Waals surface area contributed by atoms with Crippen LogP contribution in [0.15, 0.2) is 22.7 Å². The van der Waals surface area contributed by atoms with Gasteiger partial charge in [-0.2, -0.15) is 0 Å². The van der Waals surface area contributed by atoms with E-state index in [-0.39, 0.29) is 5.91 Å². The Kier molecular flexibility index (Phi) is 2.95. The number of hydrogen-bond acceptors (Lipinski definition) is 2. The molecule has 0 aliphatic carbocycles. The van der Waals surface area contributed by atoms with E-state index >= 15 is 0 Å². The van der Waals surface area contributed by atoms with Gasteiger partial charge < -0.3 is 9.64 Å². The van der Waals surface area contributed by atoms with Crippen molar-refractivity contribution in [2.24, 2.45) is 0 Å². The van der Waals surface area contributed by atoms with Crippen molar-refractivity contribution in [3.05, 3.63) is 22.7 Å². The van der Waals surface area contributed by atoms with Gasteiger partial charge in [-0.1, -0.05) is 0 Å². The predicted molar refractivity (Wildman–Crippen MR) is 62.3 cm³/mol. The van der Waals surface area contributed by atoms with Gasteiger partial charge in [0.25, 0.3) is 0 Å². The van der Waals surface area contributed by atoms with Gasteiger partial charge in [0.15, 0.2) is 0 Å². The van der Waals surface area contributed by atoms with Crippen LogP contribution in [0.4, 0.5) is 5.69 Å². The number of benzene rings is 1. The SMILES string of the molecule is COc1ccc(N2CCCC2=O)c(Br)c1. The fourth-order valence-electron chi connectivity index (χ4n) is 1.74. The maximum atomic E-state index is 11.6. The summed E-state index contributed by atoms with van der Waals surface area (Å²) in [5, 5.41) is 0. The lowest BCUT2D eigenvalue weighted by Gasteiger charge is -2.17. The van der Waals surface area contributed by atoms with Gasteiger partial charge in [-0.15, -0.1) is 0 Å². The molecule has 1 aliphatic heterocycles. The van der Waals surface area contributed by atoms with E-state index in [1.54, 1.807) is 7.11 Å². The van der Waals surface area contributed by atoms with Gasteiger partial charge in [0.05, 0.1) is 12.8 Å². The second-order valence-corrected chi connectivity index (χ2v) is 4.32. The van der Waals surface area contributed by atoms with E-state index in [1.807, 2.05) is 23.1 Å². The zero-order chi connectivity index (χ0) is 10.8. The molecule has 3 nitrogen and oxygen atoms in total. The Morgan fingerprint density at radius 2 is 2.27 bits per heavy atom. The molecular weight excluding hydrogens is 258 g/mol. The molecule has 1 aliphatic rings. The number of hydrogen-bond donors (Lipinski definition) is 0. The van der Waals surface area contributed by atoms with Crippen molar-refractivity contribution in [3.63, 3.8) is 0 Å². The molecule has 2 rings (SSSR count). The number of carbonyl (C=O) groups excluding carboxylic acids is 1. The first-order valence-electron chi connectivity index (χ1n) is 4.86. The molecule has 15 heavy (non-hydrogen) atoms. The highest BCUT2D eigenvalue weighted by molar-refractivity contribution is 9.10. The number of rotatable bonds is 2. The zero-order valence-corrected chi connectivity index (χ0v) is 10.1. The van der Waals surface area contributed by atoms with Gasteiger partial charge in [0.2, 0.25) is 5.91 Å². The molecule has 1 saturated heterocycles. The van der Waals surface area contributed by atoms with E-state index in [1.165, 1.54) is 0 Å². The third-order valence-corrected chi connectivity index (χ3v) is 3.15. The number of ether oxygens (including phenoxy) is 1. The highest BCUT2D eigenvalue weighted by atomic mass is 79.9. The van der Waals surface area contributed by atoms with Gasteiger partial charge in [-0.05, 0) is 40.5 Å². The summed E-state index contributed by atoms with van der Waals surface area (Å²) in [5.41, 5.74) is 0.929. The number of carbonyl (C=O) groups is 1. The van der Waals surface area contributed by atoms with E-state index in [2.05, 4.69) is 15.9 Å². The molecule has 0 N–H and O–H groups in total. The van der Waals surface area contributed by atoms with Crippen LogP contribution in [0.2, 0.25) is 0 Å². The lowest BCUT2D eigenvalue weighted by molar-refractivity contribution is -0.117. The molecule has 0 bridgehead atoms. The van der Waals surface area contributed by atoms with Gasteiger partial charge in [-0.3, -0.25) is 4.79 Å². The molecule has 0 aromatic heterocycles. The number of halogens is 1. The molecule has 1 fully saturated rings. The van der Waals surface area contributed by atoms with Crippen LogP contribution in [-0.2, 0) is 4.79 Å². The van der Waals surface area contributed by atoms with Gasteiger partial charge in [-0.25, -0.2) is 0 Å². The van der Waals surface area contributed by atoms with Crippen molar-refractivity contribution in [3.8, 4) is 5.75 Å². The fraction of sp³-hybridized carbons (Fsp3) is 0.364. The molecule has 1 heterocycles. The minimum Gasteiger partial charge on any atom is -0.497 e. The van der Waals surface area contributed by atoms with Crippen LogP contribution in [0, 0.1) is 0 Å². The van der Waals surface area contributed by atoms with Gasteiger partial charge >= 0.3 is 0 Å². The molecule has 0 spiro atoms. The number of anilines is 1. The molecule has 1 amide bonds. The van der Waals surface area contributed by atoms with Crippen molar-refractivity contribution >= 4 is 27.5 Å². The van der Waals surface area contributed by atoms with E-state index in [9.17, 15) is 4.79 Å². The van der Waals surface area contributed by atoms with Crippen molar-refractivity contribution in [2.45, 2.75) is 12.8 Å². The van der Waals surface area contributed by atoms with E-state index < -0.39 is 0 Å². The third kappa shape index (κ3) is 2.00. The topological polar surface area (TPSA) is 29.5 Å². The van der Waals surface area contributed by atoms with Crippen LogP contribution < -0.4 is 9.64 Å². The van der Waals surface area contributed by atoms with E-state index in [0.29, 0.717) is 6.42 Å². The third-order valence-electron chi connectivity index (χ3n) is 2.52. The quantitative estimate of drug-likeness (QED) is 0.826. The standard InChI is InChI=1S/C11H12BrNO2/c1-15-8-4-5-10(9(12)7-8)13-6-2-3-11(13)14/h4-5,7H,2-3,6H2,1H3. The summed E-state index contributed by atoms with van der Waals surface area (Å²) in [7, 11) is 1.63. The Morgan fingerprint density at radius 1 is 1.47 bits per heavy atom. The van der Waals surface area contributed by atoms with Crippen LogP contribution >= 0.6 is 15.9 Å². The lowest BCUT2D eigenvalue weighted by atomic mass is 10.3. The highest BCUT2D eigenvalue weighted by Gasteiger charge is 2.23. The average Bonchev–Trinajstić information content (AvgIpc) is 2.64. The molecule has 80 valence electrons. The van der Waals surface area contributed by atoms with Gasteiger partial charge in [0.1, 0.15) is 5.75 Å². The van der Waals surface area contributed by atoms with E-state index in [4.69, 9.17) is 4.74 Å². The van der Waals surface area contributed by atoms with Crippen LogP contribution in [-0.4, -0.2) is 19.6 Å². The van der Waals surface area contributed by atoms with Crippen molar-refractivity contribution in [1.29, 1.82) is 0 Å². The predicted octanol–water partition coefficient (Wildman–Crippen LogP) is 2.58. The Bertz CT molecular complexity index is 392. The second-order valence-electron chi connectivity index (χ2n) is 3.47. The molecular formula is C11H12BrNO2. The molecule has 1 aromatic rings. The number of amides is 1. The van der Waals surface area contributed by atoms with Crippen molar-refractivity contribution < 1.29 is 9.53 Å². The number of methoxy groups -OCH3 is 1. The summed E-state index contributed by atoms with van der Waals surface area (Å²) >= 11 is 3.45. The monoisotopic (exact) mass is 269 g/mol. The summed E-state index contributed by atoms with van der Waals surface area (Å²) in [6, 6.07) is 5.65. The zero-order valence-electron chi connectivity index (χ0n) is 8.50. The summed E-state index contributed by atoms with van der Waals surface area (Å²) in [5.74, 6) is 0.984. The largest absolute Gasteiger partial charge is 0.497 e. The van der Waals surface area contributed by atoms with Crippen LogP contribution in [0.3, 0.4) is 0 Å². The Hall–Kier alpha value is -1.03. The average molecular weight is 270 g/mol. The summed E-state index contributed by atoms with van der Waals surface area (Å²) in [4.78, 5) is 13.4. The second kappa shape index (κ2) is 4.23. The first kappa shape index (κ1) is 10.5. The Labute approximate surface area is 97.2 Å².